The number of nitrogens with zero attached hydrogens (tertiary/aromatic N) is 3. The molecule has 3 aromatic heterocycles. The Labute approximate surface area is 118 Å². The Morgan fingerprint density at radius 3 is 3.05 bits per heavy atom. The Balaban J connectivity index is 1.97. The third-order valence-electron chi connectivity index (χ3n) is 2.64. The molecular formula is C10H11N5O3S2. The molecule has 3 rings (SSSR count). The maximum Gasteiger partial charge on any atom is 0.260 e. The fourth-order valence-electron chi connectivity index (χ4n) is 1.75. The van der Waals surface area contributed by atoms with Crippen LogP contribution in [0.25, 0.3) is 4.96 Å². The van der Waals surface area contributed by atoms with Gasteiger partial charge in [0.2, 0.25) is 0 Å². The minimum atomic E-state index is -3.72. The molecule has 0 radical (unpaired) electrons. The topological polar surface area (TPSA) is 102 Å². The predicted molar refractivity (Wildman–Crippen MR) is 73.1 cm³/mol. The first-order chi connectivity index (χ1) is 9.62. The van der Waals surface area contributed by atoms with Gasteiger partial charge in [-0.15, -0.1) is 11.3 Å². The molecule has 0 unspecified atom stereocenters. The standard InChI is InChI=1S/C10H11N5O3S2/c1-11-8-9(15-3-5-19-10(15)13-8)20(16,17)12-6-7-2-4-18-14-7/h2-5,11-12H,6H2,1H3. The van der Waals surface area contributed by atoms with E-state index in [1.54, 1.807) is 24.7 Å². The van der Waals surface area contributed by atoms with E-state index < -0.39 is 10.0 Å². The Morgan fingerprint density at radius 2 is 2.35 bits per heavy atom. The van der Waals surface area contributed by atoms with E-state index in [0.29, 0.717) is 16.5 Å². The first-order valence-electron chi connectivity index (χ1n) is 5.64. The van der Waals surface area contributed by atoms with Crippen molar-refractivity contribution in [2.24, 2.45) is 0 Å². The SMILES string of the molecule is CNc1nc2sccn2c1S(=O)(=O)NCc1ccon1. The van der Waals surface area contributed by atoms with E-state index in [4.69, 9.17) is 0 Å². The third kappa shape index (κ3) is 2.17. The summed E-state index contributed by atoms with van der Waals surface area (Å²) in [6, 6.07) is 1.60. The van der Waals surface area contributed by atoms with Crippen LogP contribution in [0.15, 0.2) is 33.5 Å². The monoisotopic (exact) mass is 313 g/mol. The first kappa shape index (κ1) is 13.1. The predicted octanol–water partition coefficient (Wildman–Crippen LogP) is 0.904. The van der Waals surface area contributed by atoms with Crippen molar-refractivity contribution in [1.82, 2.24) is 19.3 Å². The van der Waals surface area contributed by atoms with Gasteiger partial charge >= 0.3 is 0 Å². The zero-order valence-corrected chi connectivity index (χ0v) is 12.0. The van der Waals surface area contributed by atoms with Gasteiger partial charge in [0.1, 0.15) is 6.26 Å². The molecule has 0 aliphatic carbocycles. The zero-order chi connectivity index (χ0) is 14.2. The maximum atomic E-state index is 12.4. The molecule has 10 heteroatoms. The molecule has 3 aromatic rings. The van der Waals surface area contributed by atoms with Crippen LogP contribution in [-0.4, -0.2) is 30.0 Å². The van der Waals surface area contributed by atoms with Crippen LogP contribution in [-0.2, 0) is 16.6 Å². The van der Waals surface area contributed by atoms with Crippen LogP contribution < -0.4 is 10.0 Å². The Hall–Kier alpha value is -1.91. The van der Waals surface area contributed by atoms with Crippen molar-refractivity contribution in [2.75, 3.05) is 12.4 Å². The van der Waals surface area contributed by atoms with E-state index in [9.17, 15) is 8.42 Å². The number of thiazole rings is 1. The third-order valence-corrected chi connectivity index (χ3v) is 4.82. The Kier molecular flexibility index (Phi) is 3.20. The fraction of sp³-hybridized carbons (Fsp3) is 0.200. The first-order valence-corrected chi connectivity index (χ1v) is 8.00. The van der Waals surface area contributed by atoms with Gasteiger partial charge in [-0.1, -0.05) is 5.16 Å². The van der Waals surface area contributed by atoms with Gasteiger partial charge in [-0.3, -0.25) is 4.40 Å². The molecule has 8 nitrogen and oxygen atoms in total. The van der Waals surface area contributed by atoms with Crippen molar-refractivity contribution < 1.29 is 12.9 Å². The summed E-state index contributed by atoms with van der Waals surface area (Å²) in [6.45, 7) is 0.0549. The van der Waals surface area contributed by atoms with E-state index in [1.807, 2.05) is 0 Å². The molecular weight excluding hydrogens is 302 g/mol. The maximum absolute atomic E-state index is 12.4. The number of anilines is 1. The lowest BCUT2D eigenvalue weighted by Gasteiger charge is -2.06. The second-order valence-corrected chi connectivity index (χ2v) is 6.44. The van der Waals surface area contributed by atoms with Crippen LogP contribution >= 0.6 is 11.3 Å². The van der Waals surface area contributed by atoms with Crippen molar-refractivity contribution in [3.8, 4) is 0 Å². The van der Waals surface area contributed by atoms with Crippen LogP contribution in [0.1, 0.15) is 5.69 Å². The zero-order valence-electron chi connectivity index (χ0n) is 10.4. The van der Waals surface area contributed by atoms with Gasteiger partial charge in [0.05, 0.1) is 12.2 Å². The van der Waals surface area contributed by atoms with Crippen molar-refractivity contribution in [3.05, 3.63) is 29.6 Å². The number of sulfonamides is 1. The number of fused-ring (bicyclic) bond motifs is 1. The van der Waals surface area contributed by atoms with Gasteiger partial charge in [0, 0.05) is 24.7 Å². The average molecular weight is 313 g/mol. The molecule has 0 bridgehead atoms. The highest BCUT2D eigenvalue weighted by molar-refractivity contribution is 7.89. The summed E-state index contributed by atoms with van der Waals surface area (Å²) >= 11 is 1.36. The number of hydrogen-bond donors (Lipinski definition) is 2. The molecule has 0 fully saturated rings. The van der Waals surface area contributed by atoms with Gasteiger partial charge in [-0.05, 0) is 0 Å². The number of imidazole rings is 1. The molecule has 0 spiro atoms. The lowest BCUT2D eigenvalue weighted by Crippen LogP contribution is -2.25. The van der Waals surface area contributed by atoms with E-state index in [2.05, 4.69) is 24.7 Å². The average Bonchev–Trinajstić information content (AvgIpc) is 3.11. The lowest BCUT2D eigenvalue weighted by atomic mass is 10.5. The second-order valence-electron chi connectivity index (χ2n) is 3.89. The van der Waals surface area contributed by atoms with Crippen LogP contribution in [0.3, 0.4) is 0 Å². The molecule has 2 N–H and O–H groups in total. The molecule has 106 valence electrons. The van der Waals surface area contributed by atoms with E-state index >= 15 is 0 Å². The van der Waals surface area contributed by atoms with Crippen molar-refractivity contribution in [3.63, 3.8) is 0 Å². The molecule has 0 aliphatic rings. The van der Waals surface area contributed by atoms with Gasteiger partial charge < -0.3 is 9.84 Å². The van der Waals surface area contributed by atoms with Gasteiger partial charge in [-0.2, -0.15) is 0 Å². The molecule has 20 heavy (non-hydrogen) atoms. The van der Waals surface area contributed by atoms with Crippen LogP contribution in [0.2, 0.25) is 0 Å². The van der Waals surface area contributed by atoms with E-state index in [1.165, 1.54) is 22.0 Å². The summed E-state index contributed by atoms with van der Waals surface area (Å²) in [7, 11) is -2.09. The number of nitrogens with one attached hydrogen (secondary N) is 2. The van der Waals surface area contributed by atoms with Crippen LogP contribution in [0, 0.1) is 0 Å². The summed E-state index contributed by atoms with van der Waals surface area (Å²) < 4.78 is 33.5. The Morgan fingerprint density at radius 1 is 1.50 bits per heavy atom. The molecule has 0 amide bonds. The lowest BCUT2D eigenvalue weighted by molar-refractivity contribution is 0.411. The molecule has 0 aromatic carbocycles. The summed E-state index contributed by atoms with van der Waals surface area (Å²) in [4.78, 5) is 4.83. The largest absolute Gasteiger partial charge is 0.371 e. The summed E-state index contributed by atoms with van der Waals surface area (Å²) in [5, 5.41) is 8.31. The molecule has 0 saturated heterocycles. The van der Waals surface area contributed by atoms with Crippen LogP contribution in [0.4, 0.5) is 5.82 Å². The van der Waals surface area contributed by atoms with Crippen LogP contribution in [0.5, 0.6) is 0 Å². The number of hydrogen-bond acceptors (Lipinski definition) is 7. The van der Waals surface area contributed by atoms with Crippen molar-refractivity contribution in [2.45, 2.75) is 11.6 Å². The van der Waals surface area contributed by atoms with Gasteiger partial charge in [-0.25, -0.2) is 18.1 Å². The Bertz CT molecular complexity index is 818. The van der Waals surface area contributed by atoms with E-state index in [-0.39, 0.29) is 11.6 Å². The minimum absolute atomic E-state index is 0.0549. The second kappa shape index (κ2) is 4.89. The fourth-order valence-corrected chi connectivity index (χ4v) is 3.81. The highest BCUT2D eigenvalue weighted by atomic mass is 32.2. The van der Waals surface area contributed by atoms with Crippen molar-refractivity contribution >= 4 is 32.1 Å². The molecule has 0 aliphatic heterocycles. The summed E-state index contributed by atoms with van der Waals surface area (Å²) in [5.41, 5.74) is 0.505. The number of rotatable bonds is 5. The number of aromatic nitrogens is 3. The summed E-state index contributed by atoms with van der Waals surface area (Å²) in [6.07, 6.45) is 3.05. The highest BCUT2D eigenvalue weighted by Gasteiger charge is 2.25. The normalized spacial score (nSPS) is 12.1. The van der Waals surface area contributed by atoms with E-state index in [0.717, 1.165) is 0 Å². The van der Waals surface area contributed by atoms with Crippen molar-refractivity contribution in [1.29, 1.82) is 0 Å². The summed E-state index contributed by atoms with van der Waals surface area (Å²) in [5.74, 6) is 0.310. The van der Waals surface area contributed by atoms with Gasteiger partial charge in [0.15, 0.2) is 15.8 Å². The van der Waals surface area contributed by atoms with Gasteiger partial charge in [0.25, 0.3) is 10.0 Å². The molecule has 3 heterocycles. The smallest absolute Gasteiger partial charge is 0.260 e. The minimum Gasteiger partial charge on any atom is -0.371 e. The highest BCUT2D eigenvalue weighted by Crippen LogP contribution is 2.25. The molecule has 0 atom stereocenters. The quantitative estimate of drug-likeness (QED) is 0.726. The molecule has 0 saturated carbocycles.